The van der Waals surface area contributed by atoms with Crippen LogP contribution in [-0.2, 0) is 10.0 Å². The van der Waals surface area contributed by atoms with E-state index in [0.29, 0.717) is 0 Å². The van der Waals surface area contributed by atoms with Gasteiger partial charge in [-0.15, -0.1) is 0 Å². The van der Waals surface area contributed by atoms with Crippen LogP contribution in [0.4, 0.5) is 0 Å². The second kappa shape index (κ2) is 5.42. The molecule has 0 radical (unpaired) electrons. The smallest absolute Gasteiger partial charge is 0.423 e. The number of rotatable bonds is 5. The summed E-state index contributed by atoms with van der Waals surface area (Å²) in [6.45, 7) is -0.393. The highest BCUT2D eigenvalue weighted by Gasteiger charge is 2.17. The number of aliphatic hydroxyl groups is 1. The number of benzene rings is 1. The molecule has 0 bridgehead atoms. The molecule has 0 amide bonds. The van der Waals surface area contributed by atoms with Crippen LogP contribution >= 0.6 is 0 Å². The molecule has 88 valence electrons. The van der Waals surface area contributed by atoms with Crippen LogP contribution in [0.25, 0.3) is 0 Å². The quantitative estimate of drug-likeness (QED) is 0.434. The van der Waals surface area contributed by atoms with Crippen LogP contribution in [0.1, 0.15) is 0 Å². The van der Waals surface area contributed by atoms with Crippen LogP contribution in [0.2, 0.25) is 0 Å². The molecule has 1 aromatic rings. The Morgan fingerprint density at radius 3 is 2.56 bits per heavy atom. The van der Waals surface area contributed by atoms with E-state index in [4.69, 9.17) is 15.2 Å². The molecule has 0 saturated heterocycles. The third-order valence-electron chi connectivity index (χ3n) is 1.87. The molecule has 0 aromatic heterocycles. The molecule has 1 rings (SSSR count). The zero-order valence-corrected chi connectivity index (χ0v) is 9.18. The van der Waals surface area contributed by atoms with Crippen molar-refractivity contribution in [3.8, 4) is 0 Å². The lowest BCUT2D eigenvalue weighted by Crippen LogP contribution is -2.32. The predicted molar refractivity (Wildman–Crippen MR) is 58.5 cm³/mol. The maximum atomic E-state index is 11.6. The lowest BCUT2D eigenvalue weighted by atomic mass is 9.81. The van der Waals surface area contributed by atoms with E-state index in [0.717, 1.165) is 6.07 Å². The van der Waals surface area contributed by atoms with Gasteiger partial charge in [-0.3, -0.25) is 0 Å². The maximum Gasteiger partial charge on any atom is 0.488 e. The van der Waals surface area contributed by atoms with Crippen molar-refractivity contribution in [1.82, 2.24) is 4.72 Å². The summed E-state index contributed by atoms with van der Waals surface area (Å²) >= 11 is 0. The minimum atomic E-state index is -3.71. The molecule has 16 heavy (non-hydrogen) atoms. The molecule has 6 nitrogen and oxygen atoms in total. The van der Waals surface area contributed by atoms with Crippen LogP contribution in [-0.4, -0.2) is 43.8 Å². The van der Waals surface area contributed by atoms with Crippen LogP contribution in [0, 0.1) is 0 Å². The van der Waals surface area contributed by atoms with Gasteiger partial charge >= 0.3 is 7.12 Å². The molecule has 0 aliphatic carbocycles. The third kappa shape index (κ3) is 3.29. The summed E-state index contributed by atoms with van der Waals surface area (Å²) in [5.41, 5.74) is 0.0897. The molecule has 0 heterocycles. The molecule has 0 atom stereocenters. The van der Waals surface area contributed by atoms with Gasteiger partial charge < -0.3 is 15.2 Å². The van der Waals surface area contributed by atoms with Gasteiger partial charge in [-0.25, -0.2) is 13.1 Å². The Bertz CT molecular complexity index is 447. The van der Waals surface area contributed by atoms with E-state index >= 15 is 0 Å². The van der Waals surface area contributed by atoms with Gasteiger partial charge in [0.25, 0.3) is 0 Å². The van der Waals surface area contributed by atoms with Gasteiger partial charge in [-0.1, -0.05) is 12.1 Å². The Balaban J connectivity index is 2.99. The normalized spacial score (nSPS) is 11.4. The summed E-state index contributed by atoms with van der Waals surface area (Å²) in [6.07, 6.45) is 0. The average molecular weight is 245 g/mol. The SMILES string of the molecule is O=S(=O)(NCCO)c1cccc(B(O)O)c1. The van der Waals surface area contributed by atoms with Gasteiger partial charge in [0, 0.05) is 6.54 Å². The molecule has 0 unspecified atom stereocenters. The number of aliphatic hydroxyl groups excluding tert-OH is 1. The Morgan fingerprint density at radius 2 is 2.00 bits per heavy atom. The van der Waals surface area contributed by atoms with Crippen molar-refractivity contribution in [3.05, 3.63) is 24.3 Å². The standard InChI is InChI=1S/C8H12BNO5S/c11-5-4-10-16(14,15)8-3-1-2-7(6-8)9(12)13/h1-3,6,10-13H,4-5H2. The summed E-state index contributed by atoms with van der Waals surface area (Å²) < 4.78 is 25.3. The summed E-state index contributed by atoms with van der Waals surface area (Å²) in [7, 11) is -5.43. The van der Waals surface area contributed by atoms with E-state index in [2.05, 4.69) is 4.72 Å². The lowest BCUT2D eigenvalue weighted by Gasteiger charge is -2.06. The van der Waals surface area contributed by atoms with E-state index in [-0.39, 0.29) is 23.5 Å². The van der Waals surface area contributed by atoms with Gasteiger partial charge in [-0.05, 0) is 17.6 Å². The Labute approximate surface area is 93.7 Å². The highest BCUT2D eigenvalue weighted by molar-refractivity contribution is 7.89. The first-order valence-corrected chi connectivity index (χ1v) is 6.02. The summed E-state index contributed by atoms with van der Waals surface area (Å²) in [5.74, 6) is 0. The fraction of sp³-hybridized carbons (Fsp3) is 0.250. The second-order valence-electron chi connectivity index (χ2n) is 3.07. The van der Waals surface area contributed by atoms with Crippen LogP contribution < -0.4 is 10.2 Å². The van der Waals surface area contributed by atoms with Gasteiger partial charge in [0.15, 0.2) is 0 Å². The number of sulfonamides is 1. The van der Waals surface area contributed by atoms with Crippen molar-refractivity contribution in [2.45, 2.75) is 4.90 Å². The molecule has 0 aliphatic heterocycles. The van der Waals surface area contributed by atoms with E-state index in [1.165, 1.54) is 18.2 Å². The predicted octanol–water partition coefficient (Wildman–Crippen LogP) is -2.36. The number of hydrogen-bond donors (Lipinski definition) is 4. The molecule has 1 aromatic carbocycles. The molecular weight excluding hydrogens is 233 g/mol. The van der Waals surface area contributed by atoms with Crippen molar-refractivity contribution in [3.63, 3.8) is 0 Å². The summed E-state index contributed by atoms with van der Waals surface area (Å²) in [4.78, 5) is -0.0773. The maximum absolute atomic E-state index is 11.6. The van der Waals surface area contributed by atoms with Crippen molar-refractivity contribution < 1.29 is 23.6 Å². The van der Waals surface area contributed by atoms with Crippen LogP contribution in [0.3, 0.4) is 0 Å². The minimum absolute atomic E-state index is 0.0773. The van der Waals surface area contributed by atoms with Crippen molar-refractivity contribution in [1.29, 1.82) is 0 Å². The summed E-state index contributed by atoms with van der Waals surface area (Å²) in [5, 5.41) is 26.3. The fourth-order valence-corrected chi connectivity index (χ4v) is 2.18. The highest BCUT2D eigenvalue weighted by Crippen LogP contribution is 2.05. The highest BCUT2D eigenvalue weighted by atomic mass is 32.2. The van der Waals surface area contributed by atoms with Gasteiger partial charge in [0.2, 0.25) is 10.0 Å². The molecule has 0 aliphatic rings. The monoisotopic (exact) mass is 245 g/mol. The minimum Gasteiger partial charge on any atom is -0.423 e. The van der Waals surface area contributed by atoms with E-state index in [9.17, 15) is 8.42 Å². The van der Waals surface area contributed by atoms with Crippen LogP contribution in [0.15, 0.2) is 29.2 Å². The number of hydrogen-bond acceptors (Lipinski definition) is 5. The van der Waals surface area contributed by atoms with Gasteiger partial charge in [-0.2, -0.15) is 0 Å². The van der Waals surface area contributed by atoms with Crippen molar-refractivity contribution in [2.75, 3.05) is 13.2 Å². The zero-order valence-electron chi connectivity index (χ0n) is 8.37. The second-order valence-corrected chi connectivity index (χ2v) is 4.83. The zero-order chi connectivity index (χ0) is 12.2. The molecule has 0 saturated carbocycles. The molecular formula is C8H12BNO5S. The number of nitrogens with one attached hydrogen (secondary N) is 1. The molecule has 0 fully saturated rings. The van der Waals surface area contributed by atoms with Gasteiger partial charge in [0.1, 0.15) is 0 Å². The van der Waals surface area contributed by atoms with E-state index in [1.54, 1.807) is 0 Å². The molecule has 8 heteroatoms. The topological polar surface area (TPSA) is 107 Å². The first kappa shape index (κ1) is 13.1. The lowest BCUT2D eigenvalue weighted by molar-refractivity contribution is 0.301. The third-order valence-corrected chi connectivity index (χ3v) is 3.33. The van der Waals surface area contributed by atoms with E-state index in [1.807, 2.05) is 0 Å². The Hall–Kier alpha value is -0.925. The largest absolute Gasteiger partial charge is 0.488 e. The summed E-state index contributed by atoms with van der Waals surface area (Å²) in [6, 6.07) is 5.29. The molecule has 0 spiro atoms. The first-order chi connectivity index (χ1) is 7.47. The average Bonchev–Trinajstić information content (AvgIpc) is 2.26. The Kier molecular flexibility index (Phi) is 4.45. The van der Waals surface area contributed by atoms with Gasteiger partial charge in [0.05, 0.1) is 11.5 Å². The van der Waals surface area contributed by atoms with Crippen LogP contribution in [0.5, 0.6) is 0 Å². The van der Waals surface area contributed by atoms with E-state index < -0.39 is 17.1 Å². The Morgan fingerprint density at radius 1 is 1.31 bits per heavy atom. The molecule has 4 N–H and O–H groups in total. The van der Waals surface area contributed by atoms with Crippen molar-refractivity contribution in [2.24, 2.45) is 0 Å². The fourth-order valence-electron chi connectivity index (χ4n) is 1.11. The first-order valence-electron chi connectivity index (χ1n) is 4.54. The van der Waals surface area contributed by atoms with Crippen molar-refractivity contribution >= 4 is 22.6 Å².